The minimum Gasteiger partial charge on any atom is -0.315 e. The van der Waals surface area contributed by atoms with Gasteiger partial charge in [0.15, 0.2) is 0 Å². The van der Waals surface area contributed by atoms with E-state index in [1.165, 1.54) is 4.31 Å². The number of nitrogens with zero attached hydrogens (tertiary/aromatic N) is 1. The summed E-state index contributed by atoms with van der Waals surface area (Å²) in [5.41, 5.74) is 0. The fourth-order valence-corrected chi connectivity index (χ4v) is 2.93. The van der Waals surface area contributed by atoms with Gasteiger partial charge in [0.05, 0.1) is 5.25 Å². The van der Waals surface area contributed by atoms with Crippen LogP contribution in [-0.2, 0) is 10.0 Å². The molecule has 0 radical (unpaired) electrons. The zero-order valence-corrected chi connectivity index (χ0v) is 8.39. The Hall–Kier alpha value is -0.130. The molecule has 12 heavy (non-hydrogen) atoms. The maximum absolute atomic E-state index is 11.6. The fraction of sp³-hybridized carbons (Fsp3) is 1.00. The summed E-state index contributed by atoms with van der Waals surface area (Å²) in [6, 6.07) is 0. The summed E-state index contributed by atoms with van der Waals surface area (Å²) in [6.07, 6.45) is 0.743. The fourth-order valence-electron chi connectivity index (χ4n) is 1.32. The zero-order valence-electron chi connectivity index (χ0n) is 7.58. The number of nitrogens with one attached hydrogen (secondary N) is 1. The van der Waals surface area contributed by atoms with E-state index in [4.69, 9.17) is 0 Å². The molecular weight excluding hydrogens is 176 g/mol. The minimum atomic E-state index is -3.02. The third-order valence-electron chi connectivity index (χ3n) is 2.32. The van der Waals surface area contributed by atoms with Gasteiger partial charge in [0.1, 0.15) is 0 Å². The highest BCUT2D eigenvalue weighted by atomic mass is 32.2. The molecule has 1 aliphatic heterocycles. The van der Waals surface area contributed by atoms with Gasteiger partial charge in [0, 0.05) is 20.1 Å². The molecule has 72 valence electrons. The molecule has 1 atom stereocenters. The number of hydrogen-bond donors (Lipinski definition) is 1. The lowest BCUT2D eigenvalue weighted by molar-refractivity contribution is 0.475. The van der Waals surface area contributed by atoms with Crippen LogP contribution in [0.5, 0.6) is 0 Å². The van der Waals surface area contributed by atoms with Gasteiger partial charge in [-0.05, 0) is 13.0 Å². The van der Waals surface area contributed by atoms with E-state index in [-0.39, 0.29) is 5.25 Å². The monoisotopic (exact) mass is 192 g/mol. The molecule has 1 unspecified atom stereocenters. The molecule has 1 heterocycles. The Morgan fingerprint density at radius 2 is 2.25 bits per heavy atom. The first kappa shape index (κ1) is 9.95. The summed E-state index contributed by atoms with van der Waals surface area (Å²) in [4.78, 5) is 0. The zero-order chi connectivity index (χ0) is 9.19. The summed E-state index contributed by atoms with van der Waals surface area (Å²) >= 11 is 0. The lowest BCUT2D eigenvalue weighted by Gasteiger charge is -2.18. The standard InChI is InChI=1S/C7H16N2O2S/c1-3-9(2)12(10,11)7-4-5-8-6-7/h7-8H,3-6H2,1-2H3. The third-order valence-corrected chi connectivity index (χ3v) is 4.69. The lowest BCUT2D eigenvalue weighted by Crippen LogP contribution is -2.37. The molecular formula is C7H16N2O2S. The van der Waals surface area contributed by atoms with Crippen molar-refractivity contribution in [2.45, 2.75) is 18.6 Å². The molecule has 5 heteroatoms. The summed E-state index contributed by atoms with van der Waals surface area (Å²) in [6.45, 7) is 3.83. The van der Waals surface area contributed by atoms with Crippen molar-refractivity contribution in [2.75, 3.05) is 26.7 Å². The number of hydrogen-bond acceptors (Lipinski definition) is 3. The molecule has 0 spiro atoms. The van der Waals surface area contributed by atoms with Gasteiger partial charge in [-0.25, -0.2) is 12.7 Å². The van der Waals surface area contributed by atoms with Crippen molar-refractivity contribution >= 4 is 10.0 Å². The second-order valence-electron chi connectivity index (χ2n) is 3.07. The molecule has 4 nitrogen and oxygen atoms in total. The molecule has 1 N–H and O–H groups in total. The van der Waals surface area contributed by atoms with Crippen LogP contribution in [0.15, 0.2) is 0 Å². The van der Waals surface area contributed by atoms with Crippen LogP contribution in [0.3, 0.4) is 0 Å². The van der Waals surface area contributed by atoms with Crippen LogP contribution in [0.4, 0.5) is 0 Å². The van der Waals surface area contributed by atoms with Gasteiger partial charge in [0.25, 0.3) is 0 Å². The second kappa shape index (κ2) is 3.72. The first-order valence-electron chi connectivity index (χ1n) is 4.25. The van der Waals surface area contributed by atoms with Gasteiger partial charge in [-0.1, -0.05) is 6.92 Å². The van der Waals surface area contributed by atoms with Crippen LogP contribution >= 0.6 is 0 Å². The highest BCUT2D eigenvalue weighted by molar-refractivity contribution is 7.89. The Labute approximate surface area is 74.0 Å². The summed E-state index contributed by atoms with van der Waals surface area (Å²) in [5, 5.41) is 2.85. The van der Waals surface area contributed by atoms with Crippen LogP contribution in [0.1, 0.15) is 13.3 Å². The molecule has 0 aliphatic carbocycles. The van der Waals surface area contributed by atoms with Gasteiger partial charge in [-0.15, -0.1) is 0 Å². The molecule has 0 amide bonds. The SMILES string of the molecule is CCN(C)S(=O)(=O)C1CCNC1. The van der Waals surface area contributed by atoms with Crippen molar-refractivity contribution in [2.24, 2.45) is 0 Å². The lowest BCUT2D eigenvalue weighted by atomic mass is 10.4. The Balaban J connectivity index is 2.70. The number of rotatable bonds is 3. The summed E-state index contributed by atoms with van der Waals surface area (Å²) in [5.74, 6) is 0. The van der Waals surface area contributed by atoms with Crippen molar-refractivity contribution in [1.82, 2.24) is 9.62 Å². The van der Waals surface area contributed by atoms with Crippen molar-refractivity contribution < 1.29 is 8.42 Å². The van der Waals surface area contributed by atoms with Gasteiger partial charge in [0.2, 0.25) is 10.0 Å². The van der Waals surface area contributed by atoms with Crippen molar-refractivity contribution in [1.29, 1.82) is 0 Å². The molecule has 1 rings (SSSR count). The van der Waals surface area contributed by atoms with Gasteiger partial charge < -0.3 is 5.32 Å². The van der Waals surface area contributed by atoms with Crippen LogP contribution in [-0.4, -0.2) is 44.7 Å². The Kier molecular flexibility index (Phi) is 3.09. The van der Waals surface area contributed by atoms with E-state index < -0.39 is 10.0 Å². The van der Waals surface area contributed by atoms with Gasteiger partial charge in [-0.2, -0.15) is 0 Å². The third kappa shape index (κ3) is 1.78. The largest absolute Gasteiger partial charge is 0.315 e. The Bertz CT molecular complexity index is 232. The van der Waals surface area contributed by atoms with Gasteiger partial charge >= 0.3 is 0 Å². The quantitative estimate of drug-likeness (QED) is 0.664. The smallest absolute Gasteiger partial charge is 0.218 e. The van der Waals surface area contributed by atoms with E-state index in [1.807, 2.05) is 6.92 Å². The first-order valence-corrected chi connectivity index (χ1v) is 5.75. The molecule has 0 aromatic rings. The predicted molar refractivity (Wildman–Crippen MR) is 48.5 cm³/mol. The van der Waals surface area contributed by atoms with E-state index in [2.05, 4.69) is 5.32 Å². The van der Waals surface area contributed by atoms with E-state index >= 15 is 0 Å². The minimum absolute atomic E-state index is 0.206. The van der Waals surface area contributed by atoms with Crippen molar-refractivity contribution in [3.8, 4) is 0 Å². The average Bonchev–Trinajstić information content (AvgIpc) is 2.55. The molecule has 0 bridgehead atoms. The molecule has 1 fully saturated rings. The average molecular weight is 192 g/mol. The second-order valence-corrected chi connectivity index (χ2v) is 5.39. The Morgan fingerprint density at radius 3 is 2.67 bits per heavy atom. The molecule has 0 aromatic carbocycles. The normalized spacial score (nSPS) is 25.1. The van der Waals surface area contributed by atoms with Gasteiger partial charge in [-0.3, -0.25) is 0 Å². The maximum Gasteiger partial charge on any atom is 0.218 e. The summed E-state index contributed by atoms with van der Waals surface area (Å²) < 4.78 is 24.7. The maximum atomic E-state index is 11.6. The number of sulfonamides is 1. The first-order chi connectivity index (χ1) is 5.59. The van der Waals surface area contributed by atoms with Crippen molar-refractivity contribution in [3.63, 3.8) is 0 Å². The van der Waals surface area contributed by atoms with Crippen LogP contribution in [0.2, 0.25) is 0 Å². The van der Waals surface area contributed by atoms with E-state index in [0.29, 0.717) is 13.1 Å². The van der Waals surface area contributed by atoms with Crippen LogP contribution in [0, 0.1) is 0 Å². The predicted octanol–water partition coefficient (Wildman–Crippen LogP) is -0.370. The van der Waals surface area contributed by atoms with Crippen LogP contribution in [0.25, 0.3) is 0 Å². The van der Waals surface area contributed by atoms with E-state index in [9.17, 15) is 8.42 Å². The Morgan fingerprint density at radius 1 is 1.58 bits per heavy atom. The van der Waals surface area contributed by atoms with E-state index in [1.54, 1.807) is 7.05 Å². The highest BCUT2D eigenvalue weighted by Gasteiger charge is 2.31. The van der Waals surface area contributed by atoms with E-state index in [0.717, 1.165) is 13.0 Å². The van der Waals surface area contributed by atoms with Crippen LogP contribution < -0.4 is 5.32 Å². The molecule has 1 aliphatic rings. The molecule has 1 saturated heterocycles. The molecule has 0 aromatic heterocycles. The highest BCUT2D eigenvalue weighted by Crippen LogP contribution is 2.13. The molecule has 0 saturated carbocycles. The summed E-state index contributed by atoms with van der Waals surface area (Å²) in [7, 11) is -1.39. The van der Waals surface area contributed by atoms with Crippen molar-refractivity contribution in [3.05, 3.63) is 0 Å². The topological polar surface area (TPSA) is 49.4 Å².